The van der Waals surface area contributed by atoms with E-state index in [0.717, 1.165) is 11.1 Å². The summed E-state index contributed by atoms with van der Waals surface area (Å²) >= 11 is 0. The summed E-state index contributed by atoms with van der Waals surface area (Å²) in [5.74, 6) is 0.665. The van der Waals surface area contributed by atoms with E-state index < -0.39 is 15.6 Å². The highest BCUT2D eigenvalue weighted by Crippen LogP contribution is 2.16. The SMILES string of the molecule is COc1cccc(CNS(=O)(=O)c2ccc(CCC(N)(CO)CO)cc2)c1. The van der Waals surface area contributed by atoms with Crippen LogP contribution in [0.5, 0.6) is 5.75 Å². The molecule has 0 unspecified atom stereocenters. The zero-order valence-electron chi connectivity index (χ0n) is 15.3. The van der Waals surface area contributed by atoms with Crippen molar-refractivity contribution in [3.05, 3.63) is 59.7 Å². The molecule has 0 aromatic heterocycles. The predicted octanol–water partition coefficient (Wildman–Crippen LogP) is 0.788. The summed E-state index contributed by atoms with van der Waals surface area (Å²) in [5, 5.41) is 18.4. The third-order valence-corrected chi connectivity index (χ3v) is 5.79. The molecule has 2 rings (SSSR count). The fourth-order valence-corrected chi connectivity index (χ4v) is 3.50. The van der Waals surface area contributed by atoms with Crippen LogP contribution in [0.1, 0.15) is 17.5 Å². The lowest BCUT2D eigenvalue weighted by atomic mass is 9.94. The second kappa shape index (κ2) is 9.29. The van der Waals surface area contributed by atoms with E-state index in [1.54, 1.807) is 37.4 Å². The average Bonchev–Trinajstić information content (AvgIpc) is 2.71. The molecule has 0 saturated carbocycles. The normalized spacial score (nSPS) is 12.1. The molecule has 0 amide bonds. The van der Waals surface area contributed by atoms with E-state index in [-0.39, 0.29) is 24.7 Å². The fraction of sp³-hybridized carbons (Fsp3) is 0.368. The number of benzene rings is 2. The van der Waals surface area contributed by atoms with Crippen LogP contribution in [0, 0.1) is 0 Å². The average molecular weight is 394 g/mol. The smallest absolute Gasteiger partial charge is 0.240 e. The Hall–Kier alpha value is -1.97. The van der Waals surface area contributed by atoms with Crippen LogP contribution in [0.3, 0.4) is 0 Å². The highest BCUT2D eigenvalue weighted by atomic mass is 32.2. The van der Waals surface area contributed by atoms with Gasteiger partial charge in [0.25, 0.3) is 0 Å². The lowest BCUT2D eigenvalue weighted by Crippen LogP contribution is -2.47. The number of aryl methyl sites for hydroxylation is 1. The third kappa shape index (κ3) is 6.02. The van der Waals surface area contributed by atoms with Gasteiger partial charge in [0.05, 0.1) is 30.8 Å². The number of hydrogen-bond acceptors (Lipinski definition) is 6. The Balaban J connectivity index is 2.00. The molecule has 0 heterocycles. The zero-order chi connectivity index (χ0) is 19.9. The van der Waals surface area contributed by atoms with Gasteiger partial charge in [-0.2, -0.15) is 0 Å². The fourth-order valence-electron chi connectivity index (χ4n) is 2.48. The molecular weight excluding hydrogens is 368 g/mol. The van der Waals surface area contributed by atoms with Crippen LogP contribution in [0.15, 0.2) is 53.4 Å². The van der Waals surface area contributed by atoms with Crippen molar-refractivity contribution >= 4 is 10.0 Å². The molecule has 5 N–H and O–H groups in total. The molecule has 2 aromatic rings. The van der Waals surface area contributed by atoms with Gasteiger partial charge in [0.1, 0.15) is 5.75 Å². The van der Waals surface area contributed by atoms with Gasteiger partial charge in [-0.3, -0.25) is 0 Å². The number of methoxy groups -OCH3 is 1. The first-order chi connectivity index (χ1) is 12.8. The van der Waals surface area contributed by atoms with Gasteiger partial charge in [0.2, 0.25) is 10.0 Å². The van der Waals surface area contributed by atoms with Gasteiger partial charge >= 0.3 is 0 Å². The lowest BCUT2D eigenvalue weighted by molar-refractivity contribution is 0.115. The van der Waals surface area contributed by atoms with E-state index in [1.165, 1.54) is 12.1 Å². The maximum Gasteiger partial charge on any atom is 0.240 e. The number of hydrogen-bond donors (Lipinski definition) is 4. The van der Waals surface area contributed by atoms with E-state index in [9.17, 15) is 18.6 Å². The molecule has 0 fully saturated rings. The standard InChI is InChI=1S/C19H26N2O5S/c1-26-17-4-2-3-16(11-17)12-21-27(24,25)18-7-5-15(6-8-18)9-10-19(20,13-22)14-23/h2-8,11,21-23H,9-10,12-14,20H2,1H3. The number of rotatable bonds is 10. The highest BCUT2D eigenvalue weighted by molar-refractivity contribution is 7.89. The molecule has 148 valence electrons. The Bertz CT molecular complexity index is 833. The number of nitrogens with two attached hydrogens (primary N) is 1. The van der Waals surface area contributed by atoms with Crippen LogP contribution in [-0.4, -0.2) is 44.5 Å². The van der Waals surface area contributed by atoms with Crippen LogP contribution in [0.2, 0.25) is 0 Å². The summed E-state index contributed by atoms with van der Waals surface area (Å²) in [5.41, 5.74) is 6.47. The predicted molar refractivity (Wildman–Crippen MR) is 103 cm³/mol. The van der Waals surface area contributed by atoms with Crippen molar-refractivity contribution in [3.8, 4) is 5.75 Å². The van der Waals surface area contributed by atoms with Crippen LogP contribution >= 0.6 is 0 Å². The minimum Gasteiger partial charge on any atom is -0.497 e. The van der Waals surface area contributed by atoms with Crippen LogP contribution in [-0.2, 0) is 23.0 Å². The number of sulfonamides is 1. The molecule has 7 nitrogen and oxygen atoms in total. The van der Waals surface area contributed by atoms with Gasteiger partial charge in [-0.15, -0.1) is 0 Å². The summed E-state index contributed by atoms with van der Waals surface area (Å²) in [6.45, 7) is -0.474. The Morgan fingerprint density at radius 3 is 2.33 bits per heavy atom. The number of aliphatic hydroxyl groups is 2. The van der Waals surface area contributed by atoms with E-state index in [1.807, 2.05) is 6.07 Å². The Kier molecular flexibility index (Phi) is 7.34. The van der Waals surface area contributed by atoms with Gasteiger partial charge in [0.15, 0.2) is 0 Å². The maximum atomic E-state index is 12.5. The minimum absolute atomic E-state index is 0.157. The van der Waals surface area contributed by atoms with Gasteiger partial charge < -0.3 is 20.7 Å². The minimum atomic E-state index is -3.64. The van der Waals surface area contributed by atoms with Gasteiger partial charge in [-0.1, -0.05) is 24.3 Å². The quantitative estimate of drug-likeness (QED) is 0.473. The van der Waals surface area contributed by atoms with Gasteiger partial charge in [-0.25, -0.2) is 13.1 Å². The maximum absolute atomic E-state index is 12.5. The molecule has 0 bridgehead atoms. The summed E-state index contributed by atoms with van der Waals surface area (Å²) < 4.78 is 32.6. The first-order valence-electron chi connectivity index (χ1n) is 8.54. The molecule has 0 aliphatic carbocycles. The Morgan fingerprint density at radius 1 is 1.07 bits per heavy atom. The first-order valence-corrected chi connectivity index (χ1v) is 10.0. The van der Waals surface area contributed by atoms with Crippen LogP contribution in [0.25, 0.3) is 0 Å². The van der Waals surface area contributed by atoms with Crippen molar-refractivity contribution in [1.29, 1.82) is 0 Å². The van der Waals surface area contributed by atoms with Crippen molar-refractivity contribution < 1.29 is 23.4 Å². The van der Waals surface area contributed by atoms with E-state index >= 15 is 0 Å². The topological polar surface area (TPSA) is 122 Å². The van der Waals surface area contributed by atoms with Crippen molar-refractivity contribution in [1.82, 2.24) is 4.72 Å². The van der Waals surface area contributed by atoms with Gasteiger partial charge in [-0.05, 0) is 48.2 Å². The molecule has 2 aromatic carbocycles. The molecular formula is C19H26N2O5S. The first kappa shape index (κ1) is 21.3. The Morgan fingerprint density at radius 2 is 1.74 bits per heavy atom. The number of nitrogens with one attached hydrogen (secondary N) is 1. The molecule has 27 heavy (non-hydrogen) atoms. The molecule has 0 spiro atoms. The molecule has 8 heteroatoms. The molecule has 0 atom stereocenters. The van der Waals surface area contributed by atoms with Crippen molar-refractivity contribution in [2.24, 2.45) is 5.73 Å². The molecule has 0 saturated heterocycles. The van der Waals surface area contributed by atoms with Gasteiger partial charge in [0, 0.05) is 6.54 Å². The molecule has 0 radical (unpaired) electrons. The van der Waals surface area contributed by atoms with E-state index in [0.29, 0.717) is 18.6 Å². The summed E-state index contributed by atoms with van der Waals surface area (Å²) in [6.07, 6.45) is 0.912. The second-order valence-corrected chi connectivity index (χ2v) is 8.27. The highest BCUT2D eigenvalue weighted by Gasteiger charge is 2.22. The number of aliphatic hydroxyl groups excluding tert-OH is 2. The van der Waals surface area contributed by atoms with Crippen molar-refractivity contribution in [2.45, 2.75) is 29.8 Å². The molecule has 0 aliphatic rings. The van der Waals surface area contributed by atoms with Crippen LogP contribution < -0.4 is 15.2 Å². The van der Waals surface area contributed by atoms with E-state index in [4.69, 9.17) is 10.5 Å². The largest absolute Gasteiger partial charge is 0.497 e. The summed E-state index contributed by atoms with van der Waals surface area (Å²) in [7, 11) is -2.09. The van der Waals surface area contributed by atoms with E-state index in [2.05, 4.69) is 4.72 Å². The van der Waals surface area contributed by atoms with Crippen molar-refractivity contribution in [3.63, 3.8) is 0 Å². The Labute approximate surface area is 159 Å². The molecule has 0 aliphatic heterocycles. The monoisotopic (exact) mass is 394 g/mol. The van der Waals surface area contributed by atoms with Crippen LogP contribution in [0.4, 0.5) is 0 Å². The summed E-state index contributed by atoms with van der Waals surface area (Å²) in [4.78, 5) is 0.164. The lowest BCUT2D eigenvalue weighted by Gasteiger charge is -2.24. The van der Waals surface area contributed by atoms with Crippen molar-refractivity contribution in [2.75, 3.05) is 20.3 Å². The third-order valence-electron chi connectivity index (χ3n) is 4.38. The summed E-state index contributed by atoms with van der Waals surface area (Å²) in [6, 6.07) is 13.6. The zero-order valence-corrected chi connectivity index (χ0v) is 16.1. The second-order valence-electron chi connectivity index (χ2n) is 6.50. The number of ether oxygens (including phenoxy) is 1.